The number of rotatable bonds is 6. The molecule has 0 atom stereocenters. The van der Waals surface area contributed by atoms with Crippen molar-refractivity contribution in [3.8, 4) is 0 Å². The first-order valence-corrected chi connectivity index (χ1v) is 10.1. The van der Waals surface area contributed by atoms with Gasteiger partial charge in [-0.2, -0.15) is 10.2 Å². The molecule has 0 fully saturated rings. The Hall–Kier alpha value is -3.85. The van der Waals surface area contributed by atoms with Crippen molar-refractivity contribution >= 4 is 44.5 Å². The number of hydrogen-bond donors (Lipinski definition) is 1. The number of amides is 1. The third kappa shape index (κ3) is 4.84. The standard InChI is InChI=1S/C22H16BrN5O3/c23-20-14-27(13-15-6-9-19(10-7-15)28(30)31)26-21(20)22(29)25-24-12-16-5-8-17-3-1-2-4-18(17)11-16/h1-12,14H,13H2,(H,25,29). The fraction of sp³-hybridized carbons (Fsp3) is 0.0455. The first-order valence-electron chi connectivity index (χ1n) is 9.28. The van der Waals surface area contributed by atoms with Gasteiger partial charge in [0.25, 0.3) is 11.6 Å². The number of hydrogen-bond acceptors (Lipinski definition) is 5. The van der Waals surface area contributed by atoms with Crippen molar-refractivity contribution in [2.75, 3.05) is 0 Å². The van der Waals surface area contributed by atoms with Gasteiger partial charge in [0, 0.05) is 18.3 Å². The molecule has 8 nitrogen and oxygen atoms in total. The Balaban J connectivity index is 1.41. The van der Waals surface area contributed by atoms with E-state index >= 15 is 0 Å². The lowest BCUT2D eigenvalue weighted by atomic mass is 10.1. The predicted molar refractivity (Wildman–Crippen MR) is 121 cm³/mol. The number of nitrogens with one attached hydrogen (secondary N) is 1. The van der Waals surface area contributed by atoms with Gasteiger partial charge in [0.05, 0.1) is 22.2 Å². The first kappa shape index (κ1) is 20.4. The molecule has 1 heterocycles. The van der Waals surface area contributed by atoms with Gasteiger partial charge >= 0.3 is 0 Å². The third-order valence-corrected chi connectivity index (χ3v) is 5.16. The minimum Gasteiger partial charge on any atom is -0.266 e. The van der Waals surface area contributed by atoms with Gasteiger partial charge in [0.15, 0.2) is 5.69 Å². The van der Waals surface area contributed by atoms with Gasteiger partial charge in [-0.05, 0) is 43.9 Å². The molecule has 154 valence electrons. The van der Waals surface area contributed by atoms with Gasteiger partial charge in [-0.1, -0.05) is 48.5 Å². The van der Waals surface area contributed by atoms with Crippen molar-refractivity contribution in [2.45, 2.75) is 6.54 Å². The Morgan fingerprint density at radius 1 is 1.13 bits per heavy atom. The SMILES string of the molecule is O=C(NN=Cc1ccc2ccccc2c1)c1nn(Cc2ccc([N+](=O)[O-])cc2)cc1Br. The number of benzene rings is 3. The number of carbonyl (C=O) groups is 1. The van der Waals surface area contributed by atoms with Crippen LogP contribution in [0.5, 0.6) is 0 Å². The van der Waals surface area contributed by atoms with E-state index in [1.165, 1.54) is 12.1 Å². The topological polar surface area (TPSA) is 102 Å². The van der Waals surface area contributed by atoms with E-state index in [1.54, 1.807) is 29.2 Å². The number of fused-ring (bicyclic) bond motifs is 1. The van der Waals surface area contributed by atoms with Crippen molar-refractivity contribution in [2.24, 2.45) is 5.10 Å². The lowest BCUT2D eigenvalue weighted by Crippen LogP contribution is -2.19. The van der Waals surface area contributed by atoms with E-state index in [2.05, 4.69) is 31.6 Å². The zero-order chi connectivity index (χ0) is 21.8. The van der Waals surface area contributed by atoms with Crippen LogP contribution in [0.15, 0.2) is 82.5 Å². The van der Waals surface area contributed by atoms with Gasteiger partial charge in [0.2, 0.25) is 0 Å². The van der Waals surface area contributed by atoms with E-state index in [4.69, 9.17) is 0 Å². The zero-order valence-electron chi connectivity index (χ0n) is 16.1. The minimum absolute atomic E-state index is 0.0229. The molecule has 3 aromatic carbocycles. The second-order valence-electron chi connectivity index (χ2n) is 6.75. The van der Waals surface area contributed by atoms with E-state index < -0.39 is 10.8 Å². The number of nitrogens with zero attached hydrogens (tertiary/aromatic N) is 4. The molecule has 0 saturated carbocycles. The zero-order valence-corrected chi connectivity index (χ0v) is 17.7. The molecule has 0 radical (unpaired) electrons. The highest BCUT2D eigenvalue weighted by atomic mass is 79.9. The van der Waals surface area contributed by atoms with Crippen LogP contribution in [0.1, 0.15) is 21.6 Å². The largest absolute Gasteiger partial charge is 0.293 e. The van der Waals surface area contributed by atoms with Crippen LogP contribution in [0.3, 0.4) is 0 Å². The summed E-state index contributed by atoms with van der Waals surface area (Å²) in [6.45, 7) is 0.365. The Bertz CT molecular complexity index is 1300. The van der Waals surface area contributed by atoms with Crippen LogP contribution in [0, 0.1) is 10.1 Å². The molecule has 0 aliphatic heterocycles. The number of nitro groups is 1. The fourth-order valence-corrected chi connectivity index (χ4v) is 3.54. The van der Waals surface area contributed by atoms with Crippen molar-refractivity contribution in [3.05, 3.63) is 104 Å². The van der Waals surface area contributed by atoms with Crippen LogP contribution >= 0.6 is 15.9 Å². The average Bonchev–Trinajstić information content (AvgIpc) is 3.14. The molecule has 0 saturated heterocycles. The summed E-state index contributed by atoms with van der Waals surface area (Å²) in [6.07, 6.45) is 3.25. The molecule has 1 N–H and O–H groups in total. The van der Waals surface area contributed by atoms with Crippen LogP contribution in [0.25, 0.3) is 10.8 Å². The Kier molecular flexibility index (Phi) is 5.85. The summed E-state index contributed by atoms with van der Waals surface area (Å²) in [5.74, 6) is -0.452. The summed E-state index contributed by atoms with van der Waals surface area (Å²) in [4.78, 5) is 22.8. The maximum atomic E-state index is 12.4. The van der Waals surface area contributed by atoms with Gasteiger partial charge in [-0.25, -0.2) is 5.43 Å². The van der Waals surface area contributed by atoms with Crippen LogP contribution in [0.2, 0.25) is 0 Å². The molecule has 0 unspecified atom stereocenters. The maximum absolute atomic E-state index is 12.4. The summed E-state index contributed by atoms with van der Waals surface area (Å²) in [7, 11) is 0. The number of non-ortho nitro benzene ring substituents is 1. The third-order valence-electron chi connectivity index (χ3n) is 4.58. The van der Waals surface area contributed by atoms with Crippen molar-refractivity contribution in [3.63, 3.8) is 0 Å². The van der Waals surface area contributed by atoms with Crippen LogP contribution in [0.4, 0.5) is 5.69 Å². The Labute approximate surface area is 185 Å². The van der Waals surface area contributed by atoms with Gasteiger partial charge in [-0.3, -0.25) is 19.6 Å². The highest BCUT2D eigenvalue weighted by molar-refractivity contribution is 9.10. The smallest absolute Gasteiger partial charge is 0.266 e. The van der Waals surface area contributed by atoms with E-state index in [-0.39, 0.29) is 11.4 Å². The molecule has 4 aromatic rings. The van der Waals surface area contributed by atoms with E-state index in [1.807, 2.05) is 42.5 Å². The van der Waals surface area contributed by atoms with Crippen LogP contribution in [-0.2, 0) is 6.54 Å². The molecule has 1 aromatic heterocycles. The number of aromatic nitrogens is 2. The molecule has 0 aliphatic rings. The maximum Gasteiger partial charge on any atom is 0.293 e. The number of hydrazone groups is 1. The monoisotopic (exact) mass is 477 g/mol. The second-order valence-corrected chi connectivity index (χ2v) is 7.61. The molecule has 0 aliphatic carbocycles. The van der Waals surface area contributed by atoms with Crippen molar-refractivity contribution < 1.29 is 9.72 Å². The Morgan fingerprint density at radius 2 is 1.87 bits per heavy atom. The van der Waals surface area contributed by atoms with Crippen LogP contribution < -0.4 is 5.43 Å². The number of halogens is 1. The fourth-order valence-electron chi connectivity index (χ4n) is 3.05. The number of carbonyl (C=O) groups excluding carboxylic acids is 1. The van der Waals surface area contributed by atoms with Gasteiger partial charge in [-0.15, -0.1) is 0 Å². The molecule has 0 spiro atoms. The van der Waals surface area contributed by atoms with Crippen molar-refractivity contribution in [1.82, 2.24) is 15.2 Å². The molecular weight excluding hydrogens is 462 g/mol. The molecular formula is C22H16BrN5O3. The van der Waals surface area contributed by atoms with Crippen LogP contribution in [-0.4, -0.2) is 26.8 Å². The predicted octanol–water partition coefficient (Wildman–Crippen LogP) is 4.52. The second kappa shape index (κ2) is 8.88. The molecule has 31 heavy (non-hydrogen) atoms. The molecule has 9 heteroatoms. The van der Waals surface area contributed by atoms with Gasteiger partial charge in [0.1, 0.15) is 0 Å². The molecule has 0 bridgehead atoms. The quantitative estimate of drug-likeness (QED) is 0.250. The average molecular weight is 478 g/mol. The minimum atomic E-state index is -0.452. The molecule has 4 rings (SSSR count). The van der Waals surface area contributed by atoms with Gasteiger partial charge < -0.3 is 0 Å². The van der Waals surface area contributed by atoms with E-state index in [9.17, 15) is 14.9 Å². The van der Waals surface area contributed by atoms with E-state index in [0.29, 0.717) is 11.0 Å². The number of nitro benzene ring substituents is 1. The Morgan fingerprint density at radius 3 is 2.61 bits per heavy atom. The van der Waals surface area contributed by atoms with Crippen molar-refractivity contribution in [1.29, 1.82) is 0 Å². The summed E-state index contributed by atoms with van der Waals surface area (Å²) in [5, 5.41) is 21.3. The van der Waals surface area contributed by atoms with E-state index in [0.717, 1.165) is 21.9 Å². The summed E-state index contributed by atoms with van der Waals surface area (Å²) < 4.78 is 2.10. The summed E-state index contributed by atoms with van der Waals surface area (Å²) in [5.41, 5.74) is 4.38. The highest BCUT2D eigenvalue weighted by Gasteiger charge is 2.15. The highest BCUT2D eigenvalue weighted by Crippen LogP contribution is 2.18. The summed E-state index contributed by atoms with van der Waals surface area (Å²) >= 11 is 3.34. The summed E-state index contributed by atoms with van der Waals surface area (Å²) in [6, 6.07) is 20.1. The lowest BCUT2D eigenvalue weighted by Gasteiger charge is -2.01. The lowest BCUT2D eigenvalue weighted by molar-refractivity contribution is -0.384. The molecule has 1 amide bonds. The first-order chi connectivity index (χ1) is 15.0. The normalized spacial score (nSPS) is 11.1.